The van der Waals surface area contributed by atoms with Crippen LogP contribution >= 0.6 is 11.3 Å². The molecule has 1 aliphatic rings. The number of thiazole rings is 1. The quantitative estimate of drug-likeness (QED) is 0.787. The van der Waals surface area contributed by atoms with Crippen molar-refractivity contribution in [3.8, 4) is 0 Å². The van der Waals surface area contributed by atoms with Crippen LogP contribution in [0.15, 0.2) is 16.6 Å². The molecule has 0 spiro atoms. The molecule has 2 rings (SSSR count). The van der Waals surface area contributed by atoms with E-state index in [-0.39, 0.29) is 0 Å². The van der Waals surface area contributed by atoms with Gasteiger partial charge in [-0.25, -0.2) is 0 Å². The first-order valence-corrected chi connectivity index (χ1v) is 6.16. The first-order chi connectivity index (χ1) is 6.92. The van der Waals surface area contributed by atoms with Gasteiger partial charge in [-0.05, 0) is 32.9 Å². The SMILES string of the molecule is CC/N=c1\sccn1C1CCNCC1. The molecule has 0 aromatic carbocycles. The summed E-state index contributed by atoms with van der Waals surface area (Å²) in [5.41, 5.74) is 0. The molecule has 1 saturated heterocycles. The summed E-state index contributed by atoms with van der Waals surface area (Å²) in [6.45, 7) is 5.25. The maximum atomic E-state index is 4.50. The minimum atomic E-state index is 0.660. The molecular weight excluding hydrogens is 194 g/mol. The molecule has 1 aromatic heterocycles. The number of aromatic nitrogens is 1. The van der Waals surface area contributed by atoms with E-state index >= 15 is 0 Å². The van der Waals surface area contributed by atoms with Crippen molar-refractivity contribution in [2.24, 2.45) is 4.99 Å². The first kappa shape index (κ1) is 9.93. The number of nitrogens with one attached hydrogen (secondary N) is 1. The fourth-order valence-corrected chi connectivity index (χ4v) is 2.75. The van der Waals surface area contributed by atoms with Crippen molar-refractivity contribution in [2.75, 3.05) is 19.6 Å². The Bertz CT molecular complexity index is 333. The van der Waals surface area contributed by atoms with Crippen LogP contribution in [0.1, 0.15) is 25.8 Å². The van der Waals surface area contributed by atoms with Crippen LogP contribution in [0.2, 0.25) is 0 Å². The smallest absolute Gasteiger partial charge is 0.184 e. The third kappa shape index (κ3) is 2.07. The molecule has 0 bridgehead atoms. The molecule has 3 nitrogen and oxygen atoms in total. The normalized spacial score (nSPS) is 20.2. The van der Waals surface area contributed by atoms with Crippen molar-refractivity contribution in [2.45, 2.75) is 25.8 Å². The van der Waals surface area contributed by atoms with Crippen molar-refractivity contribution in [1.29, 1.82) is 0 Å². The Hall–Kier alpha value is -0.610. The zero-order valence-corrected chi connectivity index (χ0v) is 9.39. The van der Waals surface area contributed by atoms with Gasteiger partial charge in [0.25, 0.3) is 0 Å². The number of hydrogen-bond acceptors (Lipinski definition) is 3. The van der Waals surface area contributed by atoms with E-state index in [9.17, 15) is 0 Å². The molecule has 1 aliphatic heterocycles. The van der Waals surface area contributed by atoms with Crippen LogP contribution in [-0.2, 0) is 0 Å². The zero-order chi connectivity index (χ0) is 9.80. The van der Waals surface area contributed by atoms with Crippen LogP contribution in [0.25, 0.3) is 0 Å². The highest BCUT2D eigenvalue weighted by molar-refractivity contribution is 7.07. The third-order valence-electron chi connectivity index (χ3n) is 2.61. The summed E-state index contributed by atoms with van der Waals surface area (Å²) < 4.78 is 2.34. The predicted octanol–water partition coefficient (Wildman–Crippen LogP) is 1.39. The molecule has 0 unspecified atom stereocenters. The summed E-state index contributed by atoms with van der Waals surface area (Å²) in [5, 5.41) is 5.52. The van der Waals surface area contributed by atoms with E-state index in [1.54, 1.807) is 11.3 Å². The Balaban J connectivity index is 2.21. The molecule has 14 heavy (non-hydrogen) atoms. The molecule has 0 atom stereocenters. The van der Waals surface area contributed by atoms with Crippen molar-refractivity contribution in [3.63, 3.8) is 0 Å². The lowest BCUT2D eigenvalue weighted by Crippen LogP contribution is -2.32. The molecule has 78 valence electrons. The second kappa shape index (κ2) is 4.75. The molecule has 0 radical (unpaired) electrons. The molecule has 0 amide bonds. The van der Waals surface area contributed by atoms with E-state index in [1.165, 1.54) is 17.6 Å². The lowest BCUT2D eigenvalue weighted by atomic mass is 10.1. The standard InChI is InChI=1S/C10H17N3S/c1-2-12-10-13(7-8-14-10)9-3-5-11-6-4-9/h7-9,11H,2-6H2,1H3/b12-10-. The van der Waals surface area contributed by atoms with E-state index < -0.39 is 0 Å². The Morgan fingerprint density at radius 1 is 1.57 bits per heavy atom. The average molecular weight is 211 g/mol. The monoisotopic (exact) mass is 211 g/mol. The maximum absolute atomic E-state index is 4.50. The van der Waals surface area contributed by atoms with Crippen molar-refractivity contribution in [3.05, 3.63) is 16.4 Å². The van der Waals surface area contributed by atoms with Gasteiger partial charge in [0, 0.05) is 24.2 Å². The maximum Gasteiger partial charge on any atom is 0.184 e. The summed E-state index contributed by atoms with van der Waals surface area (Å²) in [7, 11) is 0. The largest absolute Gasteiger partial charge is 0.321 e. The van der Waals surface area contributed by atoms with Crippen LogP contribution < -0.4 is 10.1 Å². The molecule has 4 heteroatoms. The molecular formula is C10H17N3S. The highest BCUT2D eigenvalue weighted by Gasteiger charge is 2.14. The predicted molar refractivity (Wildman–Crippen MR) is 59.6 cm³/mol. The summed E-state index contributed by atoms with van der Waals surface area (Å²) in [4.78, 5) is 5.68. The minimum Gasteiger partial charge on any atom is -0.321 e. The fourth-order valence-electron chi connectivity index (χ4n) is 1.90. The van der Waals surface area contributed by atoms with Crippen LogP contribution in [0.3, 0.4) is 0 Å². The lowest BCUT2D eigenvalue weighted by Gasteiger charge is -2.23. The summed E-state index contributed by atoms with van der Waals surface area (Å²) in [6, 6.07) is 0.660. The van der Waals surface area contributed by atoms with Gasteiger partial charge < -0.3 is 9.88 Å². The van der Waals surface area contributed by atoms with Crippen molar-refractivity contribution >= 4 is 11.3 Å². The van der Waals surface area contributed by atoms with Gasteiger partial charge in [-0.3, -0.25) is 4.99 Å². The van der Waals surface area contributed by atoms with E-state index in [2.05, 4.69) is 33.4 Å². The number of hydrogen-bond donors (Lipinski definition) is 1. The molecule has 1 N–H and O–H groups in total. The number of piperidine rings is 1. The van der Waals surface area contributed by atoms with Crippen LogP contribution in [0, 0.1) is 0 Å². The van der Waals surface area contributed by atoms with Gasteiger partial charge in [0.05, 0.1) is 0 Å². The first-order valence-electron chi connectivity index (χ1n) is 5.28. The zero-order valence-electron chi connectivity index (χ0n) is 8.57. The Labute approximate surface area is 88.5 Å². The van der Waals surface area contributed by atoms with Crippen molar-refractivity contribution < 1.29 is 0 Å². The van der Waals surface area contributed by atoms with Crippen LogP contribution in [0.4, 0.5) is 0 Å². The second-order valence-electron chi connectivity index (χ2n) is 3.55. The number of nitrogens with zero attached hydrogens (tertiary/aromatic N) is 2. The highest BCUT2D eigenvalue weighted by atomic mass is 32.1. The second-order valence-corrected chi connectivity index (χ2v) is 4.42. The Morgan fingerprint density at radius 3 is 3.07 bits per heavy atom. The van der Waals surface area contributed by atoms with Gasteiger partial charge in [-0.15, -0.1) is 11.3 Å². The Morgan fingerprint density at radius 2 is 2.36 bits per heavy atom. The van der Waals surface area contributed by atoms with E-state index in [1.807, 2.05) is 0 Å². The van der Waals surface area contributed by atoms with E-state index in [0.717, 1.165) is 19.6 Å². The van der Waals surface area contributed by atoms with Gasteiger partial charge in [-0.1, -0.05) is 0 Å². The van der Waals surface area contributed by atoms with Crippen LogP contribution in [-0.4, -0.2) is 24.2 Å². The summed E-state index contributed by atoms with van der Waals surface area (Å²) >= 11 is 1.74. The van der Waals surface area contributed by atoms with Crippen LogP contribution in [0.5, 0.6) is 0 Å². The topological polar surface area (TPSA) is 29.3 Å². The van der Waals surface area contributed by atoms with Crippen molar-refractivity contribution in [1.82, 2.24) is 9.88 Å². The third-order valence-corrected chi connectivity index (χ3v) is 3.42. The van der Waals surface area contributed by atoms with E-state index in [4.69, 9.17) is 0 Å². The van der Waals surface area contributed by atoms with Gasteiger partial charge in [0.15, 0.2) is 4.80 Å². The van der Waals surface area contributed by atoms with E-state index in [0.29, 0.717) is 6.04 Å². The summed E-state index contributed by atoms with van der Waals surface area (Å²) in [6.07, 6.45) is 4.64. The number of rotatable bonds is 2. The highest BCUT2D eigenvalue weighted by Crippen LogP contribution is 2.16. The van der Waals surface area contributed by atoms with Gasteiger partial charge in [-0.2, -0.15) is 0 Å². The molecule has 1 aromatic rings. The molecule has 1 fully saturated rings. The van der Waals surface area contributed by atoms with Gasteiger partial charge in [0.1, 0.15) is 0 Å². The fraction of sp³-hybridized carbons (Fsp3) is 0.700. The summed E-state index contributed by atoms with van der Waals surface area (Å²) in [5.74, 6) is 0. The molecule has 0 saturated carbocycles. The lowest BCUT2D eigenvalue weighted by molar-refractivity contribution is 0.362. The van der Waals surface area contributed by atoms with Gasteiger partial charge in [0.2, 0.25) is 0 Å². The molecule has 0 aliphatic carbocycles. The Kier molecular flexibility index (Phi) is 3.37. The minimum absolute atomic E-state index is 0.660. The molecule has 2 heterocycles. The average Bonchev–Trinajstić information content (AvgIpc) is 2.68. The van der Waals surface area contributed by atoms with Gasteiger partial charge >= 0.3 is 0 Å².